The highest BCUT2D eigenvalue weighted by molar-refractivity contribution is 7.99. The van der Waals surface area contributed by atoms with Crippen LogP contribution in [0.4, 0.5) is 0 Å². The average Bonchev–Trinajstić information content (AvgIpc) is 3.29. The van der Waals surface area contributed by atoms with Gasteiger partial charge in [-0.2, -0.15) is 11.8 Å². The first-order chi connectivity index (χ1) is 9.62. The van der Waals surface area contributed by atoms with E-state index in [1.165, 1.54) is 32.1 Å². The number of thioether (sulfide) groups is 1. The fraction of sp³-hybridized carbons (Fsp3) is 0.938. The fourth-order valence-electron chi connectivity index (χ4n) is 2.53. The summed E-state index contributed by atoms with van der Waals surface area (Å²) in [7, 11) is 0. The monoisotopic (exact) mass is 299 g/mol. The minimum atomic E-state index is -0.407. The van der Waals surface area contributed by atoms with Gasteiger partial charge in [0.25, 0.3) is 0 Å². The van der Waals surface area contributed by atoms with Gasteiger partial charge in [-0.25, -0.2) is 0 Å². The van der Waals surface area contributed by atoms with E-state index in [2.05, 4.69) is 19.2 Å². The van der Waals surface area contributed by atoms with Crippen LogP contribution in [-0.2, 0) is 9.53 Å². The molecule has 2 atom stereocenters. The molecule has 0 aliphatic heterocycles. The lowest BCUT2D eigenvalue weighted by molar-refractivity contribution is -0.151. The van der Waals surface area contributed by atoms with E-state index >= 15 is 0 Å². The summed E-state index contributed by atoms with van der Waals surface area (Å²) >= 11 is 1.92. The van der Waals surface area contributed by atoms with Gasteiger partial charge in [-0.3, -0.25) is 10.1 Å². The van der Waals surface area contributed by atoms with Crippen molar-refractivity contribution in [1.29, 1.82) is 0 Å². The normalized spacial score (nSPS) is 23.1. The van der Waals surface area contributed by atoms with Crippen molar-refractivity contribution in [1.82, 2.24) is 5.32 Å². The summed E-state index contributed by atoms with van der Waals surface area (Å²) in [6.07, 6.45) is 5.97. The topological polar surface area (TPSA) is 38.3 Å². The average molecular weight is 299 g/mol. The molecule has 0 aromatic rings. The Kier molecular flexibility index (Phi) is 5.79. The molecule has 0 spiro atoms. The first-order valence-corrected chi connectivity index (χ1v) is 9.30. The van der Waals surface area contributed by atoms with Gasteiger partial charge in [-0.15, -0.1) is 0 Å². The Bertz CT molecular complexity index is 328. The molecule has 2 rings (SSSR count). The zero-order chi connectivity index (χ0) is 14.6. The summed E-state index contributed by atoms with van der Waals surface area (Å²) in [5.74, 6) is 3.21. The Hall–Kier alpha value is -0.220. The van der Waals surface area contributed by atoms with Crippen molar-refractivity contribution in [3.63, 3.8) is 0 Å². The van der Waals surface area contributed by atoms with E-state index in [0.717, 1.165) is 17.4 Å². The molecule has 20 heavy (non-hydrogen) atoms. The van der Waals surface area contributed by atoms with Gasteiger partial charge in [0.1, 0.15) is 5.54 Å². The molecule has 2 aliphatic carbocycles. The molecule has 1 N–H and O–H groups in total. The second kappa shape index (κ2) is 7.17. The van der Waals surface area contributed by atoms with E-state index in [4.69, 9.17) is 4.74 Å². The van der Waals surface area contributed by atoms with Gasteiger partial charge in [0.2, 0.25) is 0 Å². The minimum Gasteiger partial charge on any atom is -0.465 e. The molecule has 0 radical (unpaired) electrons. The van der Waals surface area contributed by atoms with Crippen LogP contribution in [-0.4, -0.2) is 35.7 Å². The van der Waals surface area contributed by atoms with Gasteiger partial charge < -0.3 is 4.74 Å². The Labute approximate surface area is 127 Å². The van der Waals surface area contributed by atoms with Gasteiger partial charge in [0, 0.05) is 11.8 Å². The third-order valence-electron chi connectivity index (χ3n) is 4.38. The highest BCUT2D eigenvalue weighted by atomic mass is 32.2. The highest BCUT2D eigenvalue weighted by Crippen LogP contribution is 2.44. The molecule has 0 bridgehead atoms. The van der Waals surface area contributed by atoms with E-state index in [1.807, 2.05) is 18.7 Å². The molecule has 0 saturated heterocycles. The summed E-state index contributed by atoms with van der Waals surface area (Å²) in [4.78, 5) is 12.6. The van der Waals surface area contributed by atoms with Gasteiger partial charge >= 0.3 is 5.97 Å². The van der Waals surface area contributed by atoms with Crippen LogP contribution in [0.15, 0.2) is 0 Å². The summed E-state index contributed by atoms with van der Waals surface area (Å²) in [5.41, 5.74) is -0.407. The van der Waals surface area contributed by atoms with Crippen molar-refractivity contribution in [2.75, 3.05) is 18.1 Å². The minimum absolute atomic E-state index is 0.00829. The van der Waals surface area contributed by atoms with Gasteiger partial charge in [-0.1, -0.05) is 20.3 Å². The maximum atomic E-state index is 12.6. The maximum absolute atomic E-state index is 12.6. The molecule has 116 valence electrons. The Morgan fingerprint density at radius 2 is 2.05 bits per heavy atom. The van der Waals surface area contributed by atoms with Crippen LogP contribution in [0.25, 0.3) is 0 Å². The predicted octanol–water partition coefficient (Wildman–Crippen LogP) is 3.23. The standard InChI is InChI=1S/C16H29NO2S/c1-4-12(3)10-20-11-16(13-6-7-13,15(18)19-5-2)17-14-8-9-14/h12-14,17H,4-11H2,1-3H3. The van der Waals surface area contributed by atoms with E-state index in [9.17, 15) is 4.79 Å². The molecule has 0 heterocycles. The Balaban J connectivity index is 1.98. The summed E-state index contributed by atoms with van der Waals surface area (Å²) in [5, 5.41) is 3.65. The molecular formula is C16H29NO2S. The smallest absolute Gasteiger partial charge is 0.327 e. The number of esters is 1. The van der Waals surface area contributed by atoms with Crippen molar-refractivity contribution in [2.45, 2.75) is 64.5 Å². The number of carbonyl (C=O) groups excluding carboxylic acids is 1. The molecule has 4 heteroatoms. The van der Waals surface area contributed by atoms with Crippen molar-refractivity contribution in [3.8, 4) is 0 Å². The number of ether oxygens (including phenoxy) is 1. The van der Waals surface area contributed by atoms with E-state index in [0.29, 0.717) is 18.6 Å². The summed E-state index contributed by atoms with van der Waals surface area (Å²) in [6.45, 7) is 6.90. The second-order valence-corrected chi connectivity index (χ2v) is 7.44. The molecule has 2 fully saturated rings. The summed E-state index contributed by atoms with van der Waals surface area (Å²) in [6, 6.07) is 0.546. The zero-order valence-electron chi connectivity index (χ0n) is 13.1. The number of rotatable bonds is 10. The third kappa shape index (κ3) is 4.14. The summed E-state index contributed by atoms with van der Waals surface area (Å²) < 4.78 is 5.41. The van der Waals surface area contributed by atoms with E-state index in [-0.39, 0.29) is 5.97 Å². The number of hydrogen-bond donors (Lipinski definition) is 1. The molecular weight excluding hydrogens is 270 g/mol. The van der Waals surface area contributed by atoms with E-state index < -0.39 is 5.54 Å². The van der Waals surface area contributed by atoms with Crippen LogP contribution in [0.5, 0.6) is 0 Å². The number of hydrogen-bond acceptors (Lipinski definition) is 4. The molecule has 2 unspecified atom stereocenters. The zero-order valence-corrected chi connectivity index (χ0v) is 13.9. The Morgan fingerprint density at radius 3 is 2.55 bits per heavy atom. The van der Waals surface area contributed by atoms with Crippen LogP contribution in [0.2, 0.25) is 0 Å². The van der Waals surface area contributed by atoms with E-state index in [1.54, 1.807) is 0 Å². The van der Waals surface area contributed by atoms with Gasteiger partial charge in [0.05, 0.1) is 6.61 Å². The van der Waals surface area contributed by atoms with Gasteiger partial charge in [-0.05, 0) is 50.2 Å². The SMILES string of the molecule is CCOC(=O)C(CSCC(C)CC)(NC1CC1)C1CC1. The van der Waals surface area contributed by atoms with Crippen LogP contribution in [0.1, 0.15) is 52.9 Å². The lowest BCUT2D eigenvalue weighted by Gasteiger charge is -2.33. The lowest BCUT2D eigenvalue weighted by Crippen LogP contribution is -2.58. The van der Waals surface area contributed by atoms with Crippen LogP contribution in [0, 0.1) is 11.8 Å². The highest BCUT2D eigenvalue weighted by Gasteiger charge is 2.53. The van der Waals surface area contributed by atoms with Crippen LogP contribution in [0.3, 0.4) is 0 Å². The number of nitrogens with one attached hydrogen (secondary N) is 1. The van der Waals surface area contributed by atoms with Crippen molar-refractivity contribution < 1.29 is 9.53 Å². The molecule has 0 amide bonds. The fourth-order valence-corrected chi connectivity index (χ4v) is 4.04. The molecule has 0 aromatic heterocycles. The van der Waals surface area contributed by atoms with Crippen LogP contribution < -0.4 is 5.32 Å². The molecule has 0 aromatic carbocycles. The van der Waals surface area contributed by atoms with Crippen molar-refractivity contribution >= 4 is 17.7 Å². The van der Waals surface area contributed by atoms with Crippen molar-refractivity contribution in [2.24, 2.45) is 11.8 Å². The number of carbonyl (C=O) groups is 1. The largest absolute Gasteiger partial charge is 0.465 e. The maximum Gasteiger partial charge on any atom is 0.327 e. The Morgan fingerprint density at radius 1 is 1.35 bits per heavy atom. The van der Waals surface area contributed by atoms with Crippen LogP contribution >= 0.6 is 11.8 Å². The molecule has 2 aliphatic rings. The molecule has 2 saturated carbocycles. The quantitative estimate of drug-likeness (QED) is 0.629. The second-order valence-electron chi connectivity index (χ2n) is 6.41. The third-order valence-corrected chi connectivity index (χ3v) is 5.85. The first-order valence-electron chi connectivity index (χ1n) is 8.15. The van der Waals surface area contributed by atoms with Crippen molar-refractivity contribution in [3.05, 3.63) is 0 Å². The predicted molar refractivity (Wildman–Crippen MR) is 85.0 cm³/mol. The lowest BCUT2D eigenvalue weighted by atomic mass is 9.95. The molecule has 3 nitrogen and oxygen atoms in total. The first kappa shape index (κ1) is 16.2. The van der Waals surface area contributed by atoms with Gasteiger partial charge in [0.15, 0.2) is 0 Å².